The predicted octanol–water partition coefficient (Wildman–Crippen LogP) is 1.34. The first-order valence-corrected chi connectivity index (χ1v) is 6.69. The summed E-state index contributed by atoms with van der Waals surface area (Å²) in [5.41, 5.74) is 0.951. The molecule has 18 heavy (non-hydrogen) atoms. The van der Waals surface area contributed by atoms with Crippen LogP contribution in [0.3, 0.4) is 0 Å². The molecule has 0 saturated carbocycles. The van der Waals surface area contributed by atoms with Gasteiger partial charge in [0, 0.05) is 17.6 Å². The zero-order valence-corrected chi connectivity index (χ0v) is 11.7. The van der Waals surface area contributed by atoms with E-state index in [0.717, 1.165) is 10.0 Å². The van der Waals surface area contributed by atoms with Gasteiger partial charge in [-0.3, -0.25) is 9.59 Å². The van der Waals surface area contributed by atoms with Crippen LogP contribution in [0, 0.1) is 0 Å². The van der Waals surface area contributed by atoms with E-state index in [4.69, 9.17) is 0 Å². The standard InChI is InChI=1S/C13H15BrN2O2/c1-9-13(18)15-5-6-16(9)12(17)8-10-3-2-4-11(14)7-10/h2-4,7,9H,5-6,8H2,1H3,(H,15,18). The fraction of sp³-hybridized carbons (Fsp3) is 0.385. The Hall–Kier alpha value is -1.36. The molecule has 0 radical (unpaired) electrons. The van der Waals surface area contributed by atoms with Crippen LogP contribution < -0.4 is 5.32 Å². The van der Waals surface area contributed by atoms with Gasteiger partial charge in [-0.25, -0.2) is 0 Å². The highest BCUT2D eigenvalue weighted by atomic mass is 79.9. The predicted molar refractivity (Wildman–Crippen MR) is 72.0 cm³/mol. The van der Waals surface area contributed by atoms with Crippen molar-refractivity contribution in [1.82, 2.24) is 10.2 Å². The molecule has 0 bridgehead atoms. The van der Waals surface area contributed by atoms with Gasteiger partial charge >= 0.3 is 0 Å². The monoisotopic (exact) mass is 310 g/mol. The maximum atomic E-state index is 12.2. The minimum Gasteiger partial charge on any atom is -0.353 e. The first-order valence-electron chi connectivity index (χ1n) is 5.89. The van der Waals surface area contributed by atoms with Gasteiger partial charge in [-0.05, 0) is 24.6 Å². The van der Waals surface area contributed by atoms with Crippen LogP contribution in [0.5, 0.6) is 0 Å². The molecule has 1 saturated heterocycles. The number of hydrogen-bond acceptors (Lipinski definition) is 2. The Kier molecular flexibility index (Phi) is 4.01. The van der Waals surface area contributed by atoms with Gasteiger partial charge in [0.1, 0.15) is 6.04 Å². The van der Waals surface area contributed by atoms with Crippen LogP contribution in [0.2, 0.25) is 0 Å². The normalized spacial score (nSPS) is 19.6. The first kappa shape index (κ1) is 13.1. The Morgan fingerprint density at radius 3 is 3.06 bits per heavy atom. The van der Waals surface area contributed by atoms with Gasteiger partial charge in [-0.1, -0.05) is 28.1 Å². The molecular formula is C13H15BrN2O2. The minimum absolute atomic E-state index is 0.00421. The van der Waals surface area contributed by atoms with E-state index in [1.807, 2.05) is 24.3 Å². The number of rotatable bonds is 2. The third-order valence-corrected chi connectivity index (χ3v) is 3.56. The van der Waals surface area contributed by atoms with Crippen LogP contribution in [0.1, 0.15) is 12.5 Å². The fourth-order valence-electron chi connectivity index (χ4n) is 2.05. The highest BCUT2D eigenvalue weighted by Crippen LogP contribution is 2.14. The molecule has 2 amide bonds. The largest absolute Gasteiger partial charge is 0.353 e. The van der Waals surface area contributed by atoms with E-state index in [-0.39, 0.29) is 17.9 Å². The van der Waals surface area contributed by atoms with Gasteiger partial charge in [0.05, 0.1) is 6.42 Å². The number of nitrogens with one attached hydrogen (secondary N) is 1. The molecule has 1 aromatic carbocycles. The lowest BCUT2D eigenvalue weighted by Gasteiger charge is -2.32. The second kappa shape index (κ2) is 5.52. The Labute approximate surface area is 114 Å². The van der Waals surface area contributed by atoms with E-state index in [2.05, 4.69) is 21.2 Å². The Morgan fingerprint density at radius 1 is 1.56 bits per heavy atom. The van der Waals surface area contributed by atoms with Crippen molar-refractivity contribution in [3.63, 3.8) is 0 Å². The molecular weight excluding hydrogens is 296 g/mol. The summed E-state index contributed by atoms with van der Waals surface area (Å²) in [7, 11) is 0. The molecule has 1 atom stereocenters. The average molecular weight is 311 g/mol. The van der Waals surface area contributed by atoms with E-state index >= 15 is 0 Å². The summed E-state index contributed by atoms with van der Waals surface area (Å²) in [4.78, 5) is 25.3. The van der Waals surface area contributed by atoms with Crippen molar-refractivity contribution in [1.29, 1.82) is 0 Å². The molecule has 4 nitrogen and oxygen atoms in total. The summed E-state index contributed by atoms with van der Waals surface area (Å²) in [5, 5.41) is 2.75. The molecule has 1 unspecified atom stereocenters. The Morgan fingerprint density at radius 2 is 2.33 bits per heavy atom. The number of nitrogens with zero attached hydrogens (tertiary/aromatic N) is 1. The number of halogens is 1. The molecule has 1 N–H and O–H groups in total. The average Bonchev–Trinajstić information content (AvgIpc) is 2.32. The van der Waals surface area contributed by atoms with Crippen LogP contribution in [-0.2, 0) is 16.0 Å². The van der Waals surface area contributed by atoms with Gasteiger partial charge in [0.2, 0.25) is 11.8 Å². The number of amides is 2. The third kappa shape index (κ3) is 2.90. The summed E-state index contributed by atoms with van der Waals surface area (Å²) in [5.74, 6) is -0.0840. The molecule has 5 heteroatoms. The molecule has 1 aliphatic heterocycles. The van der Waals surface area contributed by atoms with E-state index < -0.39 is 0 Å². The SMILES string of the molecule is CC1C(=O)NCCN1C(=O)Cc1cccc(Br)c1. The highest BCUT2D eigenvalue weighted by Gasteiger charge is 2.28. The maximum absolute atomic E-state index is 12.2. The zero-order chi connectivity index (χ0) is 13.1. The van der Waals surface area contributed by atoms with Crippen molar-refractivity contribution in [2.24, 2.45) is 0 Å². The van der Waals surface area contributed by atoms with E-state index in [9.17, 15) is 9.59 Å². The van der Waals surface area contributed by atoms with Crippen LogP contribution >= 0.6 is 15.9 Å². The second-order valence-electron chi connectivity index (χ2n) is 4.36. The molecule has 1 aromatic rings. The molecule has 0 spiro atoms. The smallest absolute Gasteiger partial charge is 0.242 e. The second-order valence-corrected chi connectivity index (χ2v) is 5.28. The molecule has 0 aromatic heterocycles. The summed E-state index contributed by atoms with van der Waals surface area (Å²) >= 11 is 3.38. The van der Waals surface area contributed by atoms with E-state index in [1.54, 1.807) is 11.8 Å². The number of hydrogen-bond donors (Lipinski definition) is 1. The van der Waals surface area contributed by atoms with Crippen molar-refractivity contribution in [2.45, 2.75) is 19.4 Å². The topological polar surface area (TPSA) is 49.4 Å². The Balaban J connectivity index is 2.05. The molecule has 1 heterocycles. The molecule has 0 aliphatic carbocycles. The molecule has 1 fully saturated rings. The van der Waals surface area contributed by atoms with Crippen molar-refractivity contribution in [2.75, 3.05) is 13.1 Å². The van der Waals surface area contributed by atoms with Crippen molar-refractivity contribution in [3.8, 4) is 0 Å². The quantitative estimate of drug-likeness (QED) is 0.896. The van der Waals surface area contributed by atoms with Gasteiger partial charge in [-0.2, -0.15) is 0 Å². The fourth-order valence-corrected chi connectivity index (χ4v) is 2.49. The van der Waals surface area contributed by atoms with Crippen LogP contribution in [0.15, 0.2) is 28.7 Å². The van der Waals surface area contributed by atoms with Crippen molar-refractivity contribution < 1.29 is 9.59 Å². The van der Waals surface area contributed by atoms with Gasteiger partial charge in [0.25, 0.3) is 0 Å². The molecule has 1 aliphatic rings. The van der Waals surface area contributed by atoms with Crippen LogP contribution in [0.4, 0.5) is 0 Å². The zero-order valence-electron chi connectivity index (χ0n) is 10.1. The minimum atomic E-state index is -0.376. The van der Waals surface area contributed by atoms with Gasteiger partial charge < -0.3 is 10.2 Å². The van der Waals surface area contributed by atoms with Gasteiger partial charge in [0.15, 0.2) is 0 Å². The lowest BCUT2D eigenvalue weighted by molar-refractivity contribution is -0.142. The van der Waals surface area contributed by atoms with Crippen LogP contribution in [0.25, 0.3) is 0 Å². The first-order chi connectivity index (χ1) is 8.58. The van der Waals surface area contributed by atoms with Crippen molar-refractivity contribution in [3.05, 3.63) is 34.3 Å². The maximum Gasteiger partial charge on any atom is 0.242 e. The summed E-state index contributed by atoms with van der Waals surface area (Å²) in [6, 6.07) is 7.28. The lowest BCUT2D eigenvalue weighted by atomic mass is 10.1. The van der Waals surface area contributed by atoms with E-state index in [0.29, 0.717) is 19.5 Å². The summed E-state index contributed by atoms with van der Waals surface area (Å²) < 4.78 is 0.956. The van der Waals surface area contributed by atoms with Crippen molar-refractivity contribution >= 4 is 27.7 Å². The summed E-state index contributed by atoms with van der Waals surface area (Å²) in [6.45, 7) is 2.88. The van der Waals surface area contributed by atoms with Crippen LogP contribution in [-0.4, -0.2) is 35.8 Å². The van der Waals surface area contributed by atoms with E-state index in [1.165, 1.54) is 0 Å². The number of carbonyl (C=O) groups is 2. The molecule has 2 rings (SSSR count). The lowest BCUT2D eigenvalue weighted by Crippen LogP contribution is -2.56. The van der Waals surface area contributed by atoms with Gasteiger partial charge in [-0.15, -0.1) is 0 Å². The number of carbonyl (C=O) groups excluding carboxylic acids is 2. The Bertz CT molecular complexity index is 476. The summed E-state index contributed by atoms with van der Waals surface area (Å²) in [6.07, 6.45) is 0.330. The number of benzene rings is 1. The third-order valence-electron chi connectivity index (χ3n) is 3.06. The highest BCUT2D eigenvalue weighted by molar-refractivity contribution is 9.10. The number of piperazine rings is 1. The molecule has 96 valence electrons.